The summed E-state index contributed by atoms with van der Waals surface area (Å²) in [6.45, 7) is -0.705. The van der Waals surface area contributed by atoms with E-state index in [0.717, 1.165) is 18.3 Å². The van der Waals surface area contributed by atoms with Gasteiger partial charge in [-0.15, -0.1) is 0 Å². The van der Waals surface area contributed by atoms with E-state index < -0.39 is 54.0 Å². The summed E-state index contributed by atoms with van der Waals surface area (Å²) in [6, 6.07) is 7.74. The van der Waals surface area contributed by atoms with E-state index in [1.54, 1.807) is 6.07 Å². The van der Waals surface area contributed by atoms with Crippen LogP contribution >= 0.6 is 0 Å². The number of hydrogen-bond donors (Lipinski definition) is 1. The first kappa shape index (κ1) is 22.8. The van der Waals surface area contributed by atoms with Gasteiger partial charge in [-0.25, -0.2) is 4.98 Å². The number of nitrogens with one attached hydrogen (secondary N) is 1. The van der Waals surface area contributed by atoms with Gasteiger partial charge in [0.1, 0.15) is 11.8 Å². The van der Waals surface area contributed by atoms with E-state index in [1.165, 1.54) is 18.2 Å². The van der Waals surface area contributed by atoms with Crippen molar-refractivity contribution in [3.63, 3.8) is 0 Å². The molecule has 1 aliphatic rings. The summed E-state index contributed by atoms with van der Waals surface area (Å²) in [5, 5.41) is 19.9. The number of anilines is 2. The first-order valence-electron chi connectivity index (χ1n) is 8.71. The van der Waals surface area contributed by atoms with Crippen molar-refractivity contribution in [2.24, 2.45) is 0 Å². The van der Waals surface area contributed by atoms with E-state index >= 15 is 0 Å². The Morgan fingerprint density at radius 1 is 1.12 bits per heavy atom. The zero-order valence-electron chi connectivity index (χ0n) is 15.7. The lowest BCUT2D eigenvalue weighted by atomic mass is 10.1. The van der Waals surface area contributed by atoms with Crippen LogP contribution in [0.4, 0.5) is 37.7 Å². The first-order valence-corrected chi connectivity index (χ1v) is 8.71. The van der Waals surface area contributed by atoms with Gasteiger partial charge in [-0.3, -0.25) is 4.79 Å². The van der Waals surface area contributed by atoms with Gasteiger partial charge in [0.25, 0.3) is 5.91 Å². The van der Waals surface area contributed by atoms with Gasteiger partial charge < -0.3 is 15.0 Å². The zero-order valence-corrected chi connectivity index (χ0v) is 15.7. The second-order valence-electron chi connectivity index (χ2n) is 6.54. The highest BCUT2D eigenvalue weighted by Gasteiger charge is 2.52. The van der Waals surface area contributed by atoms with Crippen LogP contribution < -0.4 is 10.2 Å². The van der Waals surface area contributed by atoms with Crippen molar-refractivity contribution < 1.29 is 35.9 Å². The lowest BCUT2D eigenvalue weighted by Gasteiger charge is -2.27. The molecule has 1 aromatic carbocycles. The third-order valence-electron chi connectivity index (χ3n) is 4.42. The number of rotatable bonds is 3. The van der Waals surface area contributed by atoms with Crippen molar-refractivity contribution in [3.8, 4) is 12.1 Å². The third-order valence-corrected chi connectivity index (χ3v) is 4.42. The molecular weight excluding hydrogens is 444 g/mol. The van der Waals surface area contributed by atoms with Crippen molar-refractivity contribution in [2.45, 2.75) is 24.7 Å². The molecule has 0 spiro atoms. The molecule has 1 fully saturated rings. The third kappa shape index (κ3) is 4.73. The van der Waals surface area contributed by atoms with E-state index in [2.05, 4.69) is 10.3 Å². The number of benzene rings is 1. The van der Waals surface area contributed by atoms with E-state index in [4.69, 9.17) is 15.3 Å². The minimum atomic E-state index is -5.03. The van der Waals surface area contributed by atoms with Crippen molar-refractivity contribution >= 4 is 17.3 Å². The highest BCUT2D eigenvalue weighted by Crippen LogP contribution is 2.39. The number of ether oxygens (including phenoxy) is 1. The predicted molar refractivity (Wildman–Crippen MR) is 95.8 cm³/mol. The smallest absolute Gasteiger partial charge is 0.335 e. The Balaban J connectivity index is 1.88. The molecule has 0 radical (unpaired) electrons. The minimum absolute atomic E-state index is 0.0460. The molecule has 0 bridgehead atoms. The molecule has 32 heavy (non-hydrogen) atoms. The molecule has 1 amide bonds. The summed E-state index contributed by atoms with van der Waals surface area (Å²) in [5.41, 5.74) is -2.56. The summed E-state index contributed by atoms with van der Waals surface area (Å²) in [7, 11) is 0. The number of aromatic nitrogens is 1. The summed E-state index contributed by atoms with van der Waals surface area (Å²) in [6.07, 6.45) is -13.3. The number of nitriles is 2. The summed E-state index contributed by atoms with van der Waals surface area (Å²) in [5.74, 6) is -0.988. The van der Waals surface area contributed by atoms with Crippen LogP contribution in [0.5, 0.6) is 0 Å². The van der Waals surface area contributed by atoms with Gasteiger partial charge in [-0.05, 0) is 30.3 Å². The van der Waals surface area contributed by atoms with E-state index in [9.17, 15) is 31.1 Å². The molecular formula is C19H11F6N5O2. The largest absolute Gasteiger partial charge is 0.433 e. The van der Waals surface area contributed by atoms with Gasteiger partial charge in [0.05, 0.1) is 35.6 Å². The summed E-state index contributed by atoms with van der Waals surface area (Å²) < 4.78 is 85.0. The Kier molecular flexibility index (Phi) is 5.96. The second-order valence-corrected chi connectivity index (χ2v) is 6.54. The van der Waals surface area contributed by atoms with E-state index in [0.29, 0.717) is 11.0 Å². The molecule has 3 rings (SSSR count). The van der Waals surface area contributed by atoms with Crippen molar-refractivity contribution in [1.82, 2.24) is 4.98 Å². The maximum absolute atomic E-state index is 13.5. The van der Waals surface area contributed by atoms with Gasteiger partial charge in [0.2, 0.25) is 6.23 Å². The average Bonchev–Trinajstić information content (AvgIpc) is 3.19. The zero-order chi connectivity index (χ0) is 23.7. The molecule has 13 heteroatoms. The number of carbonyl (C=O) groups is 1. The average molecular weight is 455 g/mol. The predicted octanol–water partition coefficient (Wildman–Crippen LogP) is 3.58. The van der Waals surface area contributed by atoms with Crippen LogP contribution in [0, 0.1) is 22.7 Å². The second kappa shape index (κ2) is 8.36. The van der Waals surface area contributed by atoms with Gasteiger partial charge >= 0.3 is 12.4 Å². The van der Waals surface area contributed by atoms with Crippen molar-refractivity contribution in [3.05, 3.63) is 53.3 Å². The topological polar surface area (TPSA) is 102 Å². The molecule has 2 unspecified atom stereocenters. The lowest BCUT2D eigenvalue weighted by molar-refractivity contribution is -0.212. The molecule has 1 saturated heterocycles. The van der Waals surface area contributed by atoms with Gasteiger partial charge in [0, 0.05) is 5.69 Å². The standard InChI is InChI=1S/C19H11F6N5O2/c20-18(21,22)14-5-13(4-1-10(14)6-26)30-9-15(32-17(30)19(23,24)25)16(31)29-12-3-2-11(7-27)28-8-12/h1-5,8,15,17H,9H2,(H,29,31). The molecule has 1 aliphatic heterocycles. The number of hydrogen-bond acceptors (Lipinski definition) is 6. The fraction of sp³-hybridized carbons (Fsp3) is 0.263. The normalized spacial score (nSPS) is 18.7. The maximum Gasteiger partial charge on any atom is 0.433 e. The number of alkyl halides is 6. The number of carbonyl (C=O) groups excluding carboxylic acids is 1. The molecule has 1 aromatic heterocycles. The van der Waals surface area contributed by atoms with Crippen LogP contribution in [0.3, 0.4) is 0 Å². The molecule has 2 aromatic rings. The SMILES string of the molecule is N#Cc1ccc(NC(=O)C2CN(c3ccc(C#N)c(C(F)(F)F)c3)C(C(F)(F)F)O2)cn1. The van der Waals surface area contributed by atoms with Crippen LogP contribution in [0.2, 0.25) is 0 Å². The number of nitrogens with zero attached hydrogens (tertiary/aromatic N) is 4. The fourth-order valence-corrected chi connectivity index (χ4v) is 2.99. The highest BCUT2D eigenvalue weighted by molar-refractivity contribution is 5.94. The van der Waals surface area contributed by atoms with Crippen LogP contribution in [0.15, 0.2) is 36.5 Å². The van der Waals surface area contributed by atoms with Crippen molar-refractivity contribution in [1.29, 1.82) is 10.5 Å². The summed E-state index contributed by atoms with van der Waals surface area (Å²) >= 11 is 0. The van der Waals surface area contributed by atoms with Gasteiger partial charge in [-0.1, -0.05) is 0 Å². The van der Waals surface area contributed by atoms with Crippen LogP contribution in [0.1, 0.15) is 16.8 Å². The minimum Gasteiger partial charge on any atom is -0.335 e. The number of halogens is 6. The Morgan fingerprint density at radius 2 is 1.84 bits per heavy atom. The maximum atomic E-state index is 13.5. The Bertz CT molecular complexity index is 1100. The number of amides is 1. The Morgan fingerprint density at radius 3 is 2.38 bits per heavy atom. The van der Waals surface area contributed by atoms with Crippen LogP contribution in [-0.4, -0.2) is 35.9 Å². The van der Waals surface area contributed by atoms with Crippen LogP contribution in [0.25, 0.3) is 0 Å². The quantitative estimate of drug-likeness (QED) is 0.710. The van der Waals surface area contributed by atoms with Crippen LogP contribution in [-0.2, 0) is 15.7 Å². The summed E-state index contributed by atoms with van der Waals surface area (Å²) in [4.78, 5) is 16.6. The van der Waals surface area contributed by atoms with Gasteiger partial charge in [0.15, 0.2) is 6.10 Å². The van der Waals surface area contributed by atoms with Gasteiger partial charge in [-0.2, -0.15) is 36.9 Å². The lowest BCUT2D eigenvalue weighted by Crippen LogP contribution is -2.42. The molecule has 0 saturated carbocycles. The highest BCUT2D eigenvalue weighted by atomic mass is 19.4. The number of pyridine rings is 1. The molecule has 166 valence electrons. The molecule has 2 heterocycles. The molecule has 0 aliphatic carbocycles. The molecule has 2 atom stereocenters. The molecule has 1 N–H and O–H groups in total. The monoisotopic (exact) mass is 455 g/mol. The fourth-order valence-electron chi connectivity index (χ4n) is 2.99. The Hall–Kier alpha value is -3.84. The van der Waals surface area contributed by atoms with E-state index in [-0.39, 0.29) is 11.4 Å². The van der Waals surface area contributed by atoms with Crippen molar-refractivity contribution in [2.75, 3.05) is 16.8 Å². The Labute approximate surface area is 176 Å². The van der Waals surface area contributed by atoms with E-state index in [1.807, 2.05) is 0 Å². The first-order chi connectivity index (χ1) is 14.9. The molecule has 7 nitrogen and oxygen atoms in total.